The minimum Gasteiger partial charge on any atom is -0.493 e. The Morgan fingerprint density at radius 2 is 0.523 bits per heavy atom. The molecule has 0 unspecified atom stereocenters. The van der Waals surface area contributed by atoms with Crippen LogP contribution < -0.4 is 18.9 Å². The van der Waals surface area contributed by atoms with Gasteiger partial charge in [0.05, 0.1) is 94.1 Å². The topological polar surface area (TPSA) is 177 Å². The second-order valence-electron chi connectivity index (χ2n) is 35.2. The number of hydrogen-bond acceptors (Lipinski definition) is 10. The molecule has 0 saturated carbocycles. The summed E-state index contributed by atoms with van der Waals surface area (Å²) in [5.41, 5.74) is 21.4. The van der Waals surface area contributed by atoms with Gasteiger partial charge in [0.15, 0.2) is 0 Å². The summed E-state index contributed by atoms with van der Waals surface area (Å²) >= 11 is 0. The molecule has 0 radical (unpaired) electrons. The number of pyridine rings is 2. The maximum absolute atomic E-state index is 6.80. The third-order valence-corrected chi connectivity index (χ3v) is 24.9. The van der Waals surface area contributed by atoms with E-state index >= 15 is 0 Å². The second-order valence-corrected chi connectivity index (χ2v) is 35.2. The molecule has 8 aromatic heterocycles. The van der Waals surface area contributed by atoms with Crippen LogP contribution in [0.5, 0.6) is 23.0 Å². The van der Waals surface area contributed by atoms with Crippen molar-refractivity contribution in [3.63, 3.8) is 0 Å². The molecule has 0 spiro atoms. The van der Waals surface area contributed by atoms with Gasteiger partial charge < -0.3 is 38.9 Å². The SMILES string of the molecule is CCCCCCCCCCCCOc1cc(OCCCCCCCCCCCC)cc(-c2c3nc(c(C#CC#Cc4c5nc(c(-c6cccnc6)c6ccc(cc7nc(c(-c8cc(OCCCCCCCCCCCC)cc(OCCCCCCCCCCCC)c8)c8ccc4[nH]8)C=C7)[nH]6)C=C5)c4ccc([nH]4)c(-c4cccnc4)c4nc(cc5ccc2[nH]5)C=C4)C=C3)c1. The molecule has 0 saturated heterocycles. The summed E-state index contributed by atoms with van der Waals surface area (Å²) in [6.07, 6.45) is 74.2. The number of ether oxygens (including phenoxy) is 4. The zero-order valence-corrected chi connectivity index (χ0v) is 76.9. The number of hydrogen-bond donors (Lipinski definition) is 4. The summed E-state index contributed by atoms with van der Waals surface area (Å²) in [4.78, 5) is 46.5. The van der Waals surface area contributed by atoms with E-state index in [1.165, 1.54) is 205 Å². The fourth-order valence-corrected chi connectivity index (χ4v) is 17.8. The van der Waals surface area contributed by atoms with E-state index in [0.717, 1.165) is 197 Å². The first kappa shape index (κ1) is 92.4. The number of nitrogens with zero attached hydrogens (tertiary/aromatic N) is 6. The molecular weight excluding hydrogens is 1570 g/mol. The fourth-order valence-electron chi connectivity index (χ4n) is 17.8. The smallest absolute Gasteiger partial charge is 0.123 e. The van der Waals surface area contributed by atoms with Crippen LogP contribution >= 0.6 is 0 Å². The molecule has 4 aliphatic heterocycles. The van der Waals surface area contributed by atoms with Crippen molar-refractivity contribution >= 4 is 92.7 Å². The highest BCUT2D eigenvalue weighted by atomic mass is 16.5. The number of aromatic nitrogens is 10. The molecule has 2 aromatic carbocycles. The van der Waals surface area contributed by atoms with E-state index in [1.54, 1.807) is 12.4 Å². The molecule has 16 bridgehead atoms. The van der Waals surface area contributed by atoms with Gasteiger partial charge in [-0.2, -0.15) is 0 Å². The minimum absolute atomic E-state index is 0.615. The van der Waals surface area contributed by atoms with Crippen LogP contribution in [0.25, 0.3) is 137 Å². The van der Waals surface area contributed by atoms with Gasteiger partial charge in [-0.05, 0) is 206 Å². The number of benzene rings is 2. The predicted octanol–water partition coefficient (Wildman–Crippen LogP) is 31.7. The lowest BCUT2D eigenvalue weighted by atomic mass is 10.0. The molecule has 14 nitrogen and oxygen atoms in total. The Morgan fingerprint density at radius 1 is 0.250 bits per heavy atom. The minimum atomic E-state index is 0.615. The Balaban J connectivity index is 0.876. The van der Waals surface area contributed by atoms with E-state index in [4.69, 9.17) is 38.9 Å². The normalized spacial score (nSPS) is 11.9. The first-order valence-corrected chi connectivity index (χ1v) is 49.3. The van der Waals surface area contributed by atoms with Crippen molar-refractivity contribution in [2.24, 2.45) is 0 Å². The highest BCUT2D eigenvalue weighted by Crippen LogP contribution is 2.41. The van der Waals surface area contributed by atoms with Crippen molar-refractivity contribution in [3.8, 4) is 91.2 Å². The van der Waals surface area contributed by atoms with Gasteiger partial charge in [-0.25, -0.2) is 19.9 Å². The third kappa shape index (κ3) is 27.4. The molecule has 666 valence electrons. The van der Waals surface area contributed by atoms with E-state index in [0.29, 0.717) is 48.9 Å². The van der Waals surface area contributed by atoms with Crippen molar-refractivity contribution in [1.29, 1.82) is 0 Å². The van der Waals surface area contributed by atoms with Crippen LogP contribution in [0.15, 0.2) is 146 Å². The van der Waals surface area contributed by atoms with E-state index in [1.807, 2.05) is 24.5 Å². The Morgan fingerprint density at radius 3 is 0.844 bits per heavy atom. The second kappa shape index (κ2) is 50.7. The molecule has 4 N–H and O–H groups in total. The predicted molar refractivity (Wildman–Crippen MR) is 538 cm³/mol. The number of aromatic amines is 4. The Labute approximate surface area is 761 Å². The first-order chi connectivity index (χ1) is 63.3. The number of unbranched alkanes of at least 4 members (excludes halogenated alkanes) is 36. The number of fused-ring (bicyclic) bond motifs is 16. The molecule has 4 aliphatic rings. The van der Waals surface area contributed by atoms with Crippen LogP contribution in [-0.2, 0) is 0 Å². The summed E-state index contributed by atoms with van der Waals surface area (Å²) in [7, 11) is 0. The molecule has 0 aliphatic carbocycles. The Bertz CT molecular complexity index is 5610. The van der Waals surface area contributed by atoms with Crippen LogP contribution in [0.2, 0.25) is 0 Å². The van der Waals surface area contributed by atoms with Crippen molar-refractivity contribution < 1.29 is 18.9 Å². The van der Waals surface area contributed by atoms with Gasteiger partial charge in [0.2, 0.25) is 0 Å². The average molecular weight is 1710 g/mol. The van der Waals surface area contributed by atoms with E-state index in [9.17, 15) is 0 Å². The van der Waals surface area contributed by atoms with Gasteiger partial charge in [0.1, 0.15) is 23.0 Å². The largest absolute Gasteiger partial charge is 0.493 e. The highest BCUT2D eigenvalue weighted by Gasteiger charge is 2.22. The van der Waals surface area contributed by atoms with Crippen molar-refractivity contribution in [2.45, 2.75) is 285 Å². The van der Waals surface area contributed by atoms with Gasteiger partial charge in [0, 0.05) is 103 Å². The van der Waals surface area contributed by atoms with Gasteiger partial charge >= 0.3 is 0 Å². The van der Waals surface area contributed by atoms with Gasteiger partial charge in [-0.15, -0.1) is 0 Å². The number of nitrogens with one attached hydrogen (secondary N) is 4. The molecule has 14 heteroatoms. The van der Waals surface area contributed by atoms with Crippen molar-refractivity contribution in [1.82, 2.24) is 49.8 Å². The lowest BCUT2D eigenvalue weighted by Gasteiger charge is -2.14. The van der Waals surface area contributed by atoms with Crippen LogP contribution in [0, 0.1) is 23.7 Å². The number of rotatable bonds is 52. The molecule has 0 amide bonds. The number of H-pyrrole nitrogens is 4. The summed E-state index contributed by atoms with van der Waals surface area (Å²) in [6, 6.07) is 42.0. The molecule has 128 heavy (non-hydrogen) atoms. The lowest BCUT2D eigenvalue weighted by molar-refractivity contribution is 0.289. The van der Waals surface area contributed by atoms with Gasteiger partial charge in [-0.3, -0.25) is 9.97 Å². The summed E-state index contributed by atoms with van der Waals surface area (Å²) in [5.74, 6) is 17.2. The van der Waals surface area contributed by atoms with Crippen molar-refractivity contribution in [3.05, 3.63) is 203 Å². The van der Waals surface area contributed by atoms with Gasteiger partial charge in [-0.1, -0.05) is 271 Å². The summed E-state index contributed by atoms with van der Waals surface area (Å²) in [5, 5.41) is 0. The molecule has 0 atom stereocenters. The fraction of sp³-hybridized carbons (Fsp3) is 0.421. The monoisotopic (exact) mass is 1710 g/mol. The van der Waals surface area contributed by atoms with E-state index in [2.05, 4.69) is 239 Å². The lowest BCUT2D eigenvalue weighted by Crippen LogP contribution is -2.01. The Kier molecular flexibility index (Phi) is 36.6. The van der Waals surface area contributed by atoms with Crippen molar-refractivity contribution in [2.75, 3.05) is 26.4 Å². The zero-order chi connectivity index (χ0) is 87.8. The Hall–Kier alpha value is -11.7. The molecule has 12 heterocycles. The maximum Gasteiger partial charge on any atom is 0.123 e. The zero-order valence-electron chi connectivity index (χ0n) is 76.9. The van der Waals surface area contributed by atoms with Crippen LogP contribution in [0.1, 0.15) is 341 Å². The van der Waals surface area contributed by atoms with Crippen LogP contribution in [-0.4, -0.2) is 76.3 Å². The van der Waals surface area contributed by atoms with E-state index < -0.39 is 0 Å². The maximum atomic E-state index is 6.80. The first-order valence-electron chi connectivity index (χ1n) is 49.3. The molecule has 10 aromatic rings. The van der Waals surface area contributed by atoms with Crippen LogP contribution in [0.3, 0.4) is 0 Å². The molecular formula is C114H136N10O4. The average Bonchev–Trinajstić information content (AvgIpc) is 1.61. The van der Waals surface area contributed by atoms with Crippen LogP contribution in [0.4, 0.5) is 0 Å². The summed E-state index contributed by atoms with van der Waals surface area (Å²) in [6.45, 7) is 11.6. The standard InChI is InChI=1S/C114H136N10O4/c1-5-9-13-17-21-25-29-33-37-43-71-125-93-75-87(76-94(81-93)126-72-44-38-34-30-26-22-18-14-10-6-2)113-105-59-55-91(119-105)79-89-53-57-103(117-89)111(85-49-47-69-115-83-85)107-65-61-99(121-107)97(101-63-67-109(113)123-101)51-41-42-52-98-100-62-66-108(122-100)112(86-50-48-70-116-84-86)104-58-54-90(118-104)80-92-56-60-106(120-92)114(110-68-64-102(98)124-110)88-77-95(127-73-45-39-35-31-27-23-19-15-11-7-3)82-96(78-88)128-74-46-40-36-32-28-24-20-16-12-8-4/h47-50,53-70,75-84,117,120,122-123H,5-40,43-46,71-74H2,1-4H3. The quantitative estimate of drug-likeness (QED) is 0.0212. The summed E-state index contributed by atoms with van der Waals surface area (Å²) < 4.78 is 27.2. The third-order valence-electron chi connectivity index (χ3n) is 24.9. The highest BCUT2D eigenvalue weighted by molar-refractivity contribution is 5.97. The van der Waals surface area contributed by atoms with E-state index in [-0.39, 0.29) is 0 Å². The van der Waals surface area contributed by atoms with Gasteiger partial charge in [0.25, 0.3) is 0 Å². The molecule has 0 fully saturated rings. The molecule has 14 rings (SSSR count).